The minimum atomic E-state index is -0.632. The van der Waals surface area contributed by atoms with Crippen LogP contribution < -0.4 is 25.0 Å². The monoisotopic (exact) mass is 525 g/mol. The summed E-state index contributed by atoms with van der Waals surface area (Å²) in [5, 5.41) is 16.4. The number of aliphatic hydroxyl groups excluding tert-OH is 1. The van der Waals surface area contributed by atoms with Crippen molar-refractivity contribution in [1.29, 1.82) is 0 Å². The number of benzene rings is 4. The summed E-state index contributed by atoms with van der Waals surface area (Å²) in [4.78, 5) is 14.1. The van der Waals surface area contributed by atoms with Gasteiger partial charge in [-0.2, -0.15) is 0 Å². The average Bonchev–Trinajstić information content (AvgIpc) is 3.00. The zero-order valence-electron chi connectivity index (χ0n) is 22.1. The van der Waals surface area contributed by atoms with Crippen LogP contribution in [0.4, 0.5) is 10.5 Å². The lowest BCUT2D eigenvalue weighted by Gasteiger charge is -2.22. The number of rotatable bonds is 13. The molecule has 4 aromatic carbocycles. The molecule has 0 saturated heterocycles. The Bertz CT molecular complexity index is 1270. The molecule has 1 atom stereocenters. The number of nitrogens with zero attached hydrogens (tertiary/aromatic N) is 1. The SMILES string of the molecule is CNC(=O)N(Cc1ccccc1)c1ccc(OCCNCC(O)c2ccc(OCc3ccccc3)cc2)cc1. The number of hydrogen-bond donors (Lipinski definition) is 3. The predicted octanol–water partition coefficient (Wildman–Crippen LogP) is 5.31. The molecule has 0 spiro atoms. The molecule has 4 aromatic rings. The number of aliphatic hydroxyl groups is 1. The Balaban J connectivity index is 1.18. The fraction of sp³-hybridized carbons (Fsp3) is 0.219. The third-order valence-electron chi connectivity index (χ3n) is 6.19. The van der Waals surface area contributed by atoms with E-state index in [9.17, 15) is 9.90 Å². The molecule has 0 aromatic heterocycles. The van der Waals surface area contributed by atoms with Gasteiger partial charge in [-0.25, -0.2) is 4.79 Å². The molecular weight excluding hydrogens is 490 g/mol. The first-order valence-electron chi connectivity index (χ1n) is 13.0. The van der Waals surface area contributed by atoms with E-state index in [0.717, 1.165) is 28.1 Å². The van der Waals surface area contributed by atoms with Crippen molar-refractivity contribution in [2.45, 2.75) is 19.3 Å². The first-order chi connectivity index (χ1) is 19.1. The fourth-order valence-electron chi connectivity index (χ4n) is 4.03. The van der Waals surface area contributed by atoms with Crippen LogP contribution in [0, 0.1) is 0 Å². The molecule has 4 rings (SSSR count). The van der Waals surface area contributed by atoms with Crippen molar-refractivity contribution >= 4 is 11.7 Å². The van der Waals surface area contributed by atoms with Gasteiger partial charge in [-0.15, -0.1) is 0 Å². The summed E-state index contributed by atoms with van der Waals surface area (Å²) in [7, 11) is 1.62. The normalized spacial score (nSPS) is 11.4. The molecule has 0 heterocycles. The third-order valence-corrected chi connectivity index (χ3v) is 6.19. The second kappa shape index (κ2) is 14.6. The molecule has 0 aliphatic heterocycles. The predicted molar refractivity (Wildman–Crippen MR) is 154 cm³/mol. The van der Waals surface area contributed by atoms with E-state index in [-0.39, 0.29) is 6.03 Å². The summed E-state index contributed by atoms with van der Waals surface area (Å²) in [6.45, 7) is 2.41. The molecule has 0 aliphatic carbocycles. The molecule has 3 N–H and O–H groups in total. The van der Waals surface area contributed by atoms with Gasteiger partial charge in [0.15, 0.2) is 0 Å². The van der Waals surface area contributed by atoms with E-state index in [1.165, 1.54) is 0 Å². The smallest absolute Gasteiger partial charge is 0.321 e. The Labute approximate surface area is 230 Å². The van der Waals surface area contributed by atoms with Gasteiger partial charge in [-0.1, -0.05) is 72.8 Å². The number of ether oxygens (including phenoxy) is 2. The molecule has 0 radical (unpaired) electrons. The zero-order valence-corrected chi connectivity index (χ0v) is 22.1. The topological polar surface area (TPSA) is 83.1 Å². The molecule has 0 bridgehead atoms. The number of carbonyl (C=O) groups is 1. The van der Waals surface area contributed by atoms with E-state index in [2.05, 4.69) is 10.6 Å². The highest BCUT2D eigenvalue weighted by atomic mass is 16.5. The first-order valence-corrected chi connectivity index (χ1v) is 13.0. The second-order valence-corrected chi connectivity index (χ2v) is 9.03. The summed E-state index contributed by atoms with van der Waals surface area (Å²) in [5.74, 6) is 1.48. The minimum Gasteiger partial charge on any atom is -0.492 e. The largest absolute Gasteiger partial charge is 0.492 e. The van der Waals surface area contributed by atoms with Crippen LogP contribution in [0.3, 0.4) is 0 Å². The summed E-state index contributed by atoms with van der Waals surface area (Å²) in [6.07, 6.45) is -0.632. The van der Waals surface area contributed by atoms with Crippen molar-refractivity contribution in [3.05, 3.63) is 126 Å². The molecule has 39 heavy (non-hydrogen) atoms. The van der Waals surface area contributed by atoms with Crippen LogP contribution in [0.25, 0.3) is 0 Å². The summed E-state index contributed by atoms with van der Waals surface area (Å²) in [5.41, 5.74) is 3.76. The van der Waals surface area contributed by atoms with Gasteiger partial charge in [0.25, 0.3) is 0 Å². The highest BCUT2D eigenvalue weighted by Gasteiger charge is 2.15. The quantitative estimate of drug-likeness (QED) is 0.206. The molecule has 0 fully saturated rings. The molecule has 0 aliphatic rings. The number of anilines is 1. The van der Waals surface area contributed by atoms with Crippen LogP contribution in [0.5, 0.6) is 11.5 Å². The highest BCUT2D eigenvalue weighted by molar-refractivity contribution is 5.91. The van der Waals surface area contributed by atoms with Crippen molar-refractivity contribution in [3.8, 4) is 11.5 Å². The van der Waals surface area contributed by atoms with E-state index in [1.807, 2.05) is 109 Å². The number of carbonyl (C=O) groups excluding carboxylic acids is 1. The lowest BCUT2D eigenvalue weighted by molar-refractivity contribution is 0.172. The lowest BCUT2D eigenvalue weighted by atomic mass is 10.1. The molecule has 2 amide bonds. The fourth-order valence-corrected chi connectivity index (χ4v) is 4.03. The van der Waals surface area contributed by atoms with Gasteiger partial charge >= 0.3 is 6.03 Å². The van der Waals surface area contributed by atoms with Crippen LogP contribution >= 0.6 is 0 Å². The Morgan fingerprint density at radius 3 is 2.03 bits per heavy atom. The lowest BCUT2D eigenvalue weighted by Crippen LogP contribution is -2.37. The number of urea groups is 1. The maximum absolute atomic E-state index is 12.5. The van der Waals surface area contributed by atoms with Gasteiger partial charge in [-0.3, -0.25) is 4.90 Å². The van der Waals surface area contributed by atoms with E-state index in [0.29, 0.717) is 38.6 Å². The van der Waals surface area contributed by atoms with Crippen LogP contribution in [-0.4, -0.2) is 37.9 Å². The van der Waals surface area contributed by atoms with Crippen molar-refractivity contribution < 1.29 is 19.4 Å². The first kappa shape index (κ1) is 27.7. The van der Waals surface area contributed by atoms with Crippen LogP contribution in [0.2, 0.25) is 0 Å². The molecule has 0 saturated carbocycles. The van der Waals surface area contributed by atoms with E-state index in [1.54, 1.807) is 11.9 Å². The van der Waals surface area contributed by atoms with Crippen molar-refractivity contribution in [2.24, 2.45) is 0 Å². The molecule has 202 valence electrons. The van der Waals surface area contributed by atoms with E-state index in [4.69, 9.17) is 9.47 Å². The van der Waals surface area contributed by atoms with Crippen LogP contribution in [-0.2, 0) is 13.2 Å². The number of amides is 2. The Hall–Kier alpha value is -4.33. The summed E-state index contributed by atoms with van der Waals surface area (Å²) >= 11 is 0. The summed E-state index contributed by atoms with van der Waals surface area (Å²) < 4.78 is 11.6. The molecule has 1 unspecified atom stereocenters. The van der Waals surface area contributed by atoms with Gasteiger partial charge in [0, 0.05) is 25.8 Å². The van der Waals surface area contributed by atoms with Gasteiger partial charge in [0.05, 0.1) is 12.6 Å². The Morgan fingerprint density at radius 1 is 0.795 bits per heavy atom. The van der Waals surface area contributed by atoms with Crippen molar-refractivity contribution in [3.63, 3.8) is 0 Å². The molecule has 7 nitrogen and oxygen atoms in total. The standard InChI is InChI=1S/C32H35N3O4/c1-33-32(37)35(23-25-8-4-2-5-9-25)28-14-18-29(19-15-28)38-21-20-34-22-31(36)27-12-16-30(17-13-27)39-24-26-10-6-3-7-11-26/h2-19,31,34,36H,20-24H2,1H3,(H,33,37). The number of nitrogens with one attached hydrogen (secondary N) is 2. The van der Waals surface area contributed by atoms with Gasteiger partial charge in [0.2, 0.25) is 0 Å². The van der Waals surface area contributed by atoms with Crippen molar-refractivity contribution in [2.75, 3.05) is 31.6 Å². The average molecular weight is 526 g/mol. The van der Waals surface area contributed by atoms with Crippen LogP contribution in [0.15, 0.2) is 109 Å². The zero-order chi connectivity index (χ0) is 27.3. The van der Waals surface area contributed by atoms with Gasteiger partial charge in [-0.05, 0) is 53.1 Å². The highest BCUT2D eigenvalue weighted by Crippen LogP contribution is 2.22. The van der Waals surface area contributed by atoms with Gasteiger partial charge in [0.1, 0.15) is 24.7 Å². The third kappa shape index (κ3) is 8.60. The van der Waals surface area contributed by atoms with Crippen molar-refractivity contribution in [1.82, 2.24) is 10.6 Å². The maximum atomic E-state index is 12.5. The molecule has 7 heteroatoms. The number of hydrogen-bond acceptors (Lipinski definition) is 5. The summed E-state index contributed by atoms with van der Waals surface area (Å²) in [6, 6.07) is 34.7. The van der Waals surface area contributed by atoms with Crippen LogP contribution in [0.1, 0.15) is 22.8 Å². The minimum absolute atomic E-state index is 0.176. The Kier molecular flexibility index (Phi) is 10.3. The van der Waals surface area contributed by atoms with Gasteiger partial charge < -0.3 is 25.2 Å². The Morgan fingerprint density at radius 2 is 1.38 bits per heavy atom. The van der Waals surface area contributed by atoms with E-state index < -0.39 is 6.10 Å². The molecular formula is C32H35N3O4. The second-order valence-electron chi connectivity index (χ2n) is 9.03. The van der Waals surface area contributed by atoms with E-state index >= 15 is 0 Å². The maximum Gasteiger partial charge on any atom is 0.321 e.